The van der Waals surface area contributed by atoms with E-state index >= 15 is 0 Å². The quantitative estimate of drug-likeness (QED) is 0.343. The number of hydrogen-bond acceptors (Lipinski definition) is 12. The SMILES string of the molecule is [Al+3].[K+].[O-][Cl+2]([O-])[O-].[O-][Cl+2]([O-])[O-].[O-][Cl+2]([O-])[O-].[O-][Cl+2]([O-])[O-]. The van der Waals surface area contributed by atoms with Crippen LogP contribution in [0.5, 0.6) is 0 Å². The van der Waals surface area contributed by atoms with Gasteiger partial charge in [-0.05, 0) is 0 Å². The second-order valence-corrected chi connectivity index (χ2v) is 2.27. The molecular formula is AlCl4KO12. The van der Waals surface area contributed by atoms with Crippen molar-refractivity contribution < 1.29 is 150 Å². The molecule has 12 nitrogen and oxygen atoms in total. The van der Waals surface area contributed by atoms with Crippen LogP contribution in [0.25, 0.3) is 0 Å². The van der Waals surface area contributed by atoms with Gasteiger partial charge in [-0.15, -0.1) is 0 Å². The summed E-state index contributed by atoms with van der Waals surface area (Å²) >= 11 is 0. The number of halogens is 4. The van der Waals surface area contributed by atoms with Crippen molar-refractivity contribution in [2.75, 3.05) is 0 Å². The Kier molecular flexibility index (Phi) is 66.2. The predicted octanol–water partition coefficient (Wildman–Crippen LogP) is -17.6. The van der Waals surface area contributed by atoms with Crippen LogP contribution in [0.15, 0.2) is 0 Å². The van der Waals surface area contributed by atoms with E-state index in [1.807, 2.05) is 0 Å². The third kappa shape index (κ3) is 740. The minimum absolute atomic E-state index is 0. The van der Waals surface area contributed by atoms with E-state index in [0.29, 0.717) is 0 Å². The largest absolute Gasteiger partial charge is 3.00 e. The first-order valence-electron chi connectivity index (χ1n) is 1.85. The Bertz CT molecular complexity index is 67.1. The Morgan fingerprint density at radius 1 is 0.333 bits per heavy atom. The standard InChI is InChI=1S/Al.4ClO3.K/c;4*2-1(3)4;/q+3;4*-1;+1. The molecule has 0 aromatic rings. The fourth-order valence-corrected chi connectivity index (χ4v) is 0. The van der Waals surface area contributed by atoms with Gasteiger partial charge in [0.15, 0.2) is 0 Å². The molecule has 0 aliphatic heterocycles. The molecule has 0 radical (unpaired) electrons. The average molecular weight is 400 g/mol. The van der Waals surface area contributed by atoms with E-state index in [0.717, 1.165) is 0 Å². The molecule has 18 heteroatoms. The summed E-state index contributed by atoms with van der Waals surface area (Å²) in [4.78, 5) is 0. The van der Waals surface area contributed by atoms with Gasteiger partial charge in [-0.3, -0.25) is 0 Å². The first-order chi connectivity index (χ1) is 6.93. The maximum atomic E-state index is 8.41. The molecule has 0 bridgehead atoms. The summed E-state index contributed by atoms with van der Waals surface area (Å²) in [7, 11) is -11.4. The molecule has 0 N–H and O–H groups in total. The van der Waals surface area contributed by atoms with Crippen LogP contribution in [-0.2, 0) is 0 Å². The van der Waals surface area contributed by atoms with E-state index in [2.05, 4.69) is 0 Å². The molecule has 0 atom stereocenters. The van der Waals surface area contributed by atoms with Crippen molar-refractivity contribution in [3.05, 3.63) is 0 Å². The van der Waals surface area contributed by atoms with E-state index in [4.69, 9.17) is 55.9 Å². The van der Waals surface area contributed by atoms with Crippen LogP contribution in [0, 0.1) is 43.1 Å². The van der Waals surface area contributed by atoms with E-state index in [1.54, 1.807) is 0 Å². The van der Waals surface area contributed by atoms with Crippen LogP contribution in [0.4, 0.5) is 0 Å². The molecule has 0 saturated carbocycles. The second kappa shape index (κ2) is 32.0. The minimum atomic E-state index is -2.85. The molecule has 18 heavy (non-hydrogen) atoms. The van der Waals surface area contributed by atoms with Crippen LogP contribution in [0.3, 0.4) is 0 Å². The molecule has 0 aromatic heterocycles. The Morgan fingerprint density at radius 2 is 0.333 bits per heavy atom. The maximum Gasteiger partial charge on any atom is 3.00 e. The van der Waals surface area contributed by atoms with Gasteiger partial charge in [0.25, 0.3) is 0 Å². The molecule has 0 heterocycles. The van der Waals surface area contributed by atoms with Crippen molar-refractivity contribution in [1.29, 1.82) is 0 Å². The van der Waals surface area contributed by atoms with Gasteiger partial charge in [0.05, 0.1) is 43.1 Å². The summed E-state index contributed by atoms with van der Waals surface area (Å²) in [5.74, 6) is 0. The zero-order chi connectivity index (χ0) is 14.3. The van der Waals surface area contributed by atoms with Gasteiger partial charge in [0, 0.05) is 0 Å². The van der Waals surface area contributed by atoms with Gasteiger partial charge in [-0.25, -0.2) is 0 Å². The topological polar surface area (TPSA) is 277 Å². The summed E-state index contributed by atoms with van der Waals surface area (Å²) in [5.41, 5.74) is 0. The van der Waals surface area contributed by atoms with Gasteiger partial charge in [0.1, 0.15) is 0 Å². The van der Waals surface area contributed by atoms with Gasteiger partial charge in [-0.1, -0.05) is 0 Å². The molecule has 0 spiro atoms. The smallest absolute Gasteiger partial charge is 0.357 e. The van der Waals surface area contributed by atoms with E-state index in [1.165, 1.54) is 0 Å². The van der Waals surface area contributed by atoms with Crippen LogP contribution in [-0.4, -0.2) is 17.4 Å². The molecule has 0 amide bonds. The molecule has 0 unspecified atom stereocenters. The van der Waals surface area contributed by atoms with Gasteiger partial charge < -0.3 is 55.9 Å². The molecule has 0 saturated heterocycles. The van der Waals surface area contributed by atoms with Gasteiger partial charge in [-0.2, -0.15) is 0 Å². The fourth-order valence-electron chi connectivity index (χ4n) is 0. The van der Waals surface area contributed by atoms with Crippen molar-refractivity contribution in [1.82, 2.24) is 0 Å². The van der Waals surface area contributed by atoms with Gasteiger partial charge in [0.2, 0.25) is 0 Å². The summed E-state index contributed by atoms with van der Waals surface area (Å²) < 4.78 is 101. The summed E-state index contributed by atoms with van der Waals surface area (Å²) in [6, 6.07) is 0. The van der Waals surface area contributed by atoms with Crippen molar-refractivity contribution in [3.8, 4) is 0 Å². The van der Waals surface area contributed by atoms with Crippen LogP contribution >= 0.6 is 0 Å². The van der Waals surface area contributed by atoms with Crippen molar-refractivity contribution >= 4 is 17.4 Å². The third-order valence-corrected chi connectivity index (χ3v) is 0. The molecule has 0 aliphatic carbocycles. The molecule has 0 aromatic carbocycles. The fraction of sp³-hybridized carbons (Fsp3) is 0. The van der Waals surface area contributed by atoms with Crippen molar-refractivity contribution in [3.63, 3.8) is 0 Å². The second-order valence-electron chi connectivity index (χ2n) is 0.756. The number of rotatable bonds is 0. The normalized spacial score (nSPS) is 8.00. The number of hydrogen-bond donors (Lipinski definition) is 0. The molecule has 104 valence electrons. The Morgan fingerprint density at radius 3 is 0.333 bits per heavy atom. The predicted molar refractivity (Wildman–Crippen MR) is 5.75 cm³/mol. The average Bonchev–Trinajstić information content (AvgIpc) is 1.76. The van der Waals surface area contributed by atoms with Crippen LogP contribution < -0.4 is 107 Å². The van der Waals surface area contributed by atoms with Gasteiger partial charge >= 0.3 is 68.7 Å². The first kappa shape index (κ1) is 37.3. The summed E-state index contributed by atoms with van der Waals surface area (Å²) in [6.07, 6.45) is 0. The third-order valence-electron chi connectivity index (χ3n) is 0. The zero-order valence-electron chi connectivity index (χ0n) is 7.99. The minimum Gasteiger partial charge on any atom is -0.357 e. The zero-order valence-corrected chi connectivity index (χ0v) is 15.3. The monoisotopic (exact) mass is 398 g/mol. The maximum absolute atomic E-state index is 8.41. The summed E-state index contributed by atoms with van der Waals surface area (Å²) in [5, 5.41) is 0. The molecule has 0 fully saturated rings. The first-order valence-corrected chi connectivity index (χ1v) is 5.55. The molecule has 0 aliphatic rings. The molecule has 0 rings (SSSR count). The van der Waals surface area contributed by atoms with Crippen LogP contribution in [0.2, 0.25) is 0 Å². The summed E-state index contributed by atoms with van der Waals surface area (Å²) in [6.45, 7) is 0. The van der Waals surface area contributed by atoms with Crippen molar-refractivity contribution in [2.24, 2.45) is 0 Å². The Labute approximate surface area is 165 Å². The van der Waals surface area contributed by atoms with E-state index in [9.17, 15) is 0 Å². The Hall–Kier alpha value is 2.85. The van der Waals surface area contributed by atoms with Crippen molar-refractivity contribution in [2.45, 2.75) is 0 Å². The van der Waals surface area contributed by atoms with E-state index < -0.39 is 43.1 Å². The van der Waals surface area contributed by atoms with Crippen LogP contribution in [0.1, 0.15) is 0 Å². The molecular weight excluding hydrogens is 400 g/mol. The Balaban J connectivity index is -0.0000000257. The van der Waals surface area contributed by atoms with E-state index in [-0.39, 0.29) is 68.7 Å².